The SMILES string of the molecule is CC1(CNc2ccc(C(=O)O)cc2[N+](=O)[O-])CCOCC1. The second-order valence-electron chi connectivity index (χ2n) is 5.57. The fraction of sp³-hybridized carbons (Fsp3) is 0.500. The van der Waals surface area contributed by atoms with Crippen LogP contribution in [0.5, 0.6) is 0 Å². The fourth-order valence-corrected chi connectivity index (χ4v) is 2.31. The Balaban J connectivity index is 2.15. The lowest BCUT2D eigenvalue weighted by Crippen LogP contribution is -2.33. The third-order valence-electron chi connectivity index (χ3n) is 3.85. The normalized spacial score (nSPS) is 17.2. The third kappa shape index (κ3) is 3.69. The van der Waals surface area contributed by atoms with E-state index in [-0.39, 0.29) is 16.7 Å². The Labute approximate surface area is 122 Å². The van der Waals surface area contributed by atoms with Gasteiger partial charge in [-0.15, -0.1) is 0 Å². The minimum absolute atomic E-state index is 0.0254. The van der Waals surface area contributed by atoms with E-state index in [1.54, 1.807) is 0 Å². The number of anilines is 1. The number of carboxylic acid groups (broad SMARTS) is 1. The van der Waals surface area contributed by atoms with Gasteiger partial charge in [-0.05, 0) is 30.4 Å². The van der Waals surface area contributed by atoms with Gasteiger partial charge in [-0.25, -0.2) is 4.79 Å². The quantitative estimate of drug-likeness (QED) is 0.639. The molecule has 1 fully saturated rings. The van der Waals surface area contributed by atoms with Crippen molar-refractivity contribution in [2.24, 2.45) is 5.41 Å². The molecule has 0 amide bonds. The Kier molecular flexibility index (Phi) is 4.42. The molecular weight excluding hydrogens is 276 g/mol. The second-order valence-corrected chi connectivity index (χ2v) is 5.57. The van der Waals surface area contributed by atoms with Crippen LogP contribution in [0.1, 0.15) is 30.1 Å². The molecule has 2 rings (SSSR count). The molecule has 1 saturated heterocycles. The zero-order chi connectivity index (χ0) is 15.5. The molecule has 2 N–H and O–H groups in total. The predicted molar refractivity (Wildman–Crippen MR) is 76.7 cm³/mol. The molecule has 0 aliphatic carbocycles. The third-order valence-corrected chi connectivity index (χ3v) is 3.85. The van der Waals surface area contributed by atoms with E-state index < -0.39 is 10.9 Å². The van der Waals surface area contributed by atoms with Crippen LogP contribution in [0.15, 0.2) is 18.2 Å². The first-order valence-corrected chi connectivity index (χ1v) is 6.75. The van der Waals surface area contributed by atoms with Gasteiger partial charge >= 0.3 is 5.97 Å². The number of hydrogen-bond donors (Lipinski definition) is 2. The predicted octanol–water partition coefficient (Wildman–Crippen LogP) is 2.52. The molecule has 1 aliphatic heterocycles. The van der Waals surface area contributed by atoms with Crippen molar-refractivity contribution >= 4 is 17.3 Å². The average Bonchev–Trinajstić information content (AvgIpc) is 2.45. The van der Waals surface area contributed by atoms with Gasteiger partial charge in [0, 0.05) is 25.8 Å². The molecule has 1 aliphatic rings. The molecule has 7 nitrogen and oxygen atoms in total. The average molecular weight is 294 g/mol. The maximum Gasteiger partial charge on any atom is 0.335 e. The van der Waals surface area contributed by atoms with Crippen molar-refractivity contribution in [1.82, 2.24) is 0 Å². The van der Waals surface area contributed by atoms with E-state index in [2.05, 4.69) is 12.2 Å². The van der Waals surface area contributed by atoms with Gasteiger partial charge in [0.2, 0.25) is 0 Å². The van der Waals surface area contributed by atoms with Gasteiger partial charge in [0.1, 0.15) is 5.69 Å². The number of aromatic carboxylic acids is 1. The summed E-state index contributed by atoms with van der Waals surface area (Å²) >= 11 is 0. The Morgan fingerprint density at radius 2 is 2.14 bits per heavy atom. The maximum absolute atomic E-state index is 11.1. The van der Waals surface area contributed by atoms with Crippen LogP contribution in [0.2, 0.25) is 0 Å². The number of nitro groups is 1. The first-order valence-electron chi connectivity index (χ1n) is 6.75. The largest absolute Gasteiger partial charge is 0.478 e. The summed E-state index contributed by atoms with van der Waals surface area (Å²) in [6, 6.07) is 3.89. The number of nitrogens with one attached hydrogen (secondary N) is 1. The Morgan fingerprint density at radius 3 is 2.71 bits per heavy atom. The summed E-state index contributed by atoms with van der Waals surface area (Å²) in [4.78, 5) is 21.4. The monoisotopic (exact) mass is 294 g/mol. The van der Waals surface area contributed by atoms with Crippen molar-refractivity contribution in [2.45, 2.75) is 19.8 Å². The summed E-state index contributed by atoms with van der Waals surface area (Å²) in [5.74, 6) is -1.18. The summed E-state index contributed by atoms with van der Waals surface area (Å²) in [7, 11) is 0. The summed E-state index contributed by atoms with van der Waals surface area (Å²) in [5, 5.41) is 23.1. The van der Waals surface area contributed by atoms with Gasteiger partial charge < -0.3 is 15.2 Å². The standard InChI is InChI=1S/C14H18N2O5/c1-14(4-6-21-7-5-14)9-15-11-3-2-10(13(17)18)8-12(11)16(19)20/h2-3,8,15H,4-7,9H2,1H3,(H,17,18). The van der Waals surface area contributed by atoms with E-state index in [1.165, 1.54) is 12.1 Å². The molecule has 0 aromatic heterocycles. The number of nitrogens with zero attached hydrogens (tertiary/aromatic N) is 1. The zero-order valence-electron chi connectivity index (χ0n) is 11.8. The van der Waals surface area contributed by atoms with Crippen molar-refractivity contribution in [3.63, 3.8) is 0 Å². The molecular formula is C14H18N2O5. The van der Waals surface area contributed by atoms with Crippen LogP contribution in [0.25, 0.3) is 0 Å². The number of nitro benzene ring substituents is 1. The highest BCUT2D eigenvalue weighted by molar-refractivity contribution is 5.89. The van der Waals surface area contributed by atoms with Crippen LogP contribution in [0.4, 0.5) is 11.4 Å². The van der Waals surface area contributed by atoms with Crippen molar-refractivity contribution in [2.75, 3.05) is 25.1 Å². The van der Waals surface area contributed by atoms with E-state index in [9.17, 15) is 14.9 Å². The number of hydrogen-bond acceptors (Lipinski definition) is 5. The molecule has 0 unspecified atom stereocenters. The Hall–Kier alpha value is -2.15. The number of carboxylic acids is 1. The lowest BCUT2D eigenvalue weighted by Gasteiger charge is -2.33. The first kappa shape index (κ1) is 15.2. The summed E-state index contributed by atoms with van der Waals surface area (Å²) < 4.78 is 5.32. The molecule has 0 atom stereocenters. The molecule has 0 radical (unpaired) electrons. The molecule has 0 spiro atoms. The fourth-order valence-electron chi connectivity index (χ4n) is 2.31. The van der Waals surface area contributed by atoms with Crippen LogP contribution in [0, 0.1) is 15.5 Å². The van der Waals surface area contributed by atoms with Crippen LogP contribution in [-0.2, 0) is 4.74 Å². The minimum Gasteiger partial charge on any atom is -0.478 e. The number of benzene rings is 1. The van der Waals surface area contributed by atoms with Gasteiger partial charge in [0.15, 0.2) is 0 Å². The van der Waals surface area contributed by atoms with Gasteiger partial charge in [-0.2, -0.15) is 0 Å². The first-order chi connectivity index (χ1) is 9.91. The summed E-state index contributed by atoms with van der Waals surface area (Å²) in [6.07, 6.45) is 1.78. The molecule has 1 aromatic rings. The Bertz CT molecular complexity index is 552. The number of rotatable bonds is 5. The molecule has 1 aromatic carbocycles. The van der Waals surface area contributed by atoms with E-state index >= 15 is 0 Å². The summed E-state index contributed by atoms with van der Waals surface area (Å²) in [6.45, 7) is 4.08. The van der Waals surface area contributed by atoms with E-state index in [1.807, 2.05) is 0 Å². The Morgan fingerprint density at radius 1 is 1.48 bits per heavy atom. The maximum atomic E-state index is 11.1. The van der Waals surface area contributed by atoms with Crippen molar-refractivity contribution in [3.8, 4) is 0 Å². The van der Waals surface area contributed by atoms with Crippen LogP contribution >= 0.6 is 0 Å². The van der Waals surface area contributed by atoms with Crippen molar-refractivity contribution in [3.05, 3.63) is 33.9 Å². The second kappa shape index (κ2) is 6.09. The molecule has 1 heterocycles. The molecule has 21 heavy (non-hydrogen) atoms. The number of ether oxygens (including phenoxy) is 1. The zero-order valence-corrected chi connectivity index (χ0v) is 11.8. The van der Waals surface area contributed by atoms with Crippen LogP contribution in [0.3, 0.4) is 0 Å². The van der Waals surface area contributed by atoms with Gasteiger partial charge in [0.05, 0.1) is 10.5 Å². The van der Waals surface area contributed by atoms with Gasteiger partial charge in [-0.1, -0.05) is 6.92 Å². The van der Waals surface area contributed by atoms with E-state index in [0.29, 0.717) is 25.4 Å². The molecule has 0 bridgehead atoms. The topological polar surface area (TPSA) is 102 Å². The highest BCUT2D eigenvalue weighted by Crippen LogP contribution is 2.32. The van der Waals surface area contributed by atoms with Crippen LogP contribution < -0.4 is 5.32 Å². The molecule has 7 heteroatoms. The number of carbonyl (C=O) groups is 1. The molecule has 0 saturated carbocycles. The highest BCUT2D eigenvalue weighted by atomic mass is 16.6. The lowest BCUT2D eigenvalue weighted by atomic mass is 9.82. The molecule has 114 valence electrons. The lowest BCUT2D eigenvalue weighted by molar-refractivity contribution is -0.384. The van der Waals surface area contributed by atoms with Crippen molar-refractivity contribution in [1.29, 1.82) is 0 Å². The van der Waals surface area contributed by atoms with Gasteiger partial charge in [-0.3, -0.25) is 10.1 Å². The van der Waals surface area contributed by atoms with E-state index in [4.69, 9.17) is 9.84 Å². The van der Waals surface area contributed by atoms with Crippen molar-refractivity contribution < 1.29 is 19.6 Å². The minimum atomic E-state index is -1.18. The summed E-state index contributed by atoms with van der Waals surface area (Å²) in [5.41, 5.74) is 0.0604. The highest BCUT2D eigenvalue weighted by Gasteiger charge is 2.28. The smallest absolute Gasteiger partial charge is 0.335 e. The van der Waals surface area contributed by atoms with Gasteiger partial charge in [0.25, 0.3) is 5.69 Å². The van der Waals surface area contributed by atoms with Crippen LogP contribution in [-0.4, -0.2) is 35.8 Å². The van der Waals surface area contributed by atoms with E-state index in [0.717, 1.165) is 18.9 Å².